The molecule has 1 aliphatic rings. The number of benzene rings is 1. The van der Waals surface area contributed by atoms with Crippen molar-refractivity contribution >= 4 is 16.9 Å². The molecule has 0 aromatic heterocycles. The highest BCUT2D eigenvalue weighted by atomic mass is 32.2. The molecule has 0 spiro atoms. The van der Waals surface area contributed by atoms with Gasteiger partial charge in [0.15, 0.2) is 5.17 Å². The van der Waals surface area contributed by atoms with Gasteiger partial charge in [-0.25, -0.2) is 0 Å². The molecular formula is C13H18N2OS. The molecule has 92 valence electrons. The molecule has 0 amide bonds. The van der Waals surface area contributed by atoms with E-state index in [0.717, 1.165) is 30.4 Å². The third-order valence-electron chi connectivity index (χ3n) is 2.67. The molecule has 3 nitrogen and oxygen atoms in total. The zero-order valence-electron chi connectivity index (χ0n) is 10.3. The van der Waals surface area contributed by atoms with Crippen molar-refractivity contribution in [1.82, 2.24) is 5.32 Å². The van der Waals surface area contributed by atoms with E-state index in [9.17, 15) is 0 Å². The van der Waals surface area contributed by atoms with E-state index >= 15 is 0 Å². The Kier molecular flexibility index (Phi) is 4.31. The Morgan fingerprint density at radius 1 is 1.47 bits per heavy atom. The molecule has 0 fully saturated rings. The molecule has 0 radical (unpaired) electrons. The minimum Gasteiger partial charge on any atom is -0.496 e. The lowest BCUT2D eigenvalue weighted by Crippen LogP contribution is -2.22. The van der Waals surface area contributed by atoms with Gasteiger partial charge in [0, 0.05) is 11.8 Å². The number of ether oxygens (including phenoxy) is 1. The van der Waals surface area contributed by atoms with Crippen LogP contribution < -0.4 is 10.1 Å². The molecule has 4 heteroatoms. The Labute approximate surface area is 107 Å². The van der Waals surface area contributed by atoms with E-state index in [1.54, 1.807) is 7.11 Å². The Morgan fingerprint density at radius 2 is 2.29 bits per heavy atom. The molecule has 0 bridgehead atoms. The summed E-state index contributed by atoms with van der Waals surface area (Å²) in [6.07, 6.45) is 0.956. The van der Waals surface area contributed by atoms with Crippen LogP contribution >= 0.6 is 11.8 Å². The van der Waals surface area contributed by atoms with Gasteiger partial charge < -0.3 is 10.1 Å². The number of hydrogen-bond donors (Lipinski definition) is 1. The van der Waals surface area contributed by atoms with Gasteiger partial charge >= 0.3 is 0 Å². The highest BCUT2D eigenvalue weighted by Gasteiger charge is 2.14. The molecule has 0 saturated heterocycles. The summed E-state index contributed by atoms with van der Waals surface area (Å²) in [6, 6.07) is 8.14. The third kappa shape index (κ3) is 3.40. The van der Waals surface area contributed by atoms with Crippen molar-refractivity contribution in [1.29, 1.82) is 0 Å². The summed E-state index contributed by atoms with van der Waals surface area (Å²) < 4.78 is 5.32. The minimum absolute atomic E-state index is 0.615. The summed E-state index contributed by atoms with van der Waals surface area (Å²) in [5.74, 6) is 0.962. The molecule has 0 aliphatic carbocycles. The van der Waals surface area contributed by atoms with Crippen molar-refractivity contribution in [3.8, 4) is 5.75 Å². The number of amidine groups is 1. The maximum absolute atomic E-state index is 5.32. The number of para-hydroxylation sites is 1. The van der Waals surface area contributed by atoms with Crippen LogP contribution in [0.5, 0.6) is 5.75 Å². The van der Waals surface area contributed by atoms with Gasteiger partial charge in [-0.05, 0) is 18.1 Å². The number of hydrogen-bond acceptors (Lipinski definition) is 4. The van der Waals surface area contributed by atoms with E-state index in [0.29, 0.717) is 5.25 Å². The van der Waals surface area contributed by atoms with Crippen LogP contribution in [0.2, 0.25) is 0 Å². The van der Waals surface area contributed by atoms with Crippen molar-refractivity contribution in [3.63, 3.8) is 0 Å². The Bertz CT molecular complexity index is 406. The summed E-state index contributed by atoms with van der Waals surface area (Å²) in [7, 11) is 1.71. The van der Waals surface area contributed by atoms with E-state index in [4.69, 9.17) is 4.74 Å². The fourth-order valence-corrected chi connectivity index (χ4v) is 2.65. The Morgan fingerprint density at radius 3 is 3.00 bits per heavy atom. The van der Waals surface area contributed by atoms with Crippen molar-refractivity contribution in [2.24, 2.45) is 4.99 Å². The predicted molar refractivity (Wildman–Crippen MR) is 74.1 cm³/mol. The minimum atomic E-state index is 0.615. The molecule has 1 heterocycles. The third-order valence-corrected chi connectivity index (χ3v) is 3.72. The van der Waals surface area contributed by atoms with Crippen LogP contribution in [0, 0.1) is 0 Å². The number of nitrogens with zero attached hydrogens (tertiary/aromatic N) is 1. The molecule has 0 saturated carbocycles. The molecule has 1 aromatic carbocycles. The van der Waals surface area contributed by atoms with E-state index in [-0.39, 0.29) is 0 Å². The predicted octanol–water partition coefficient (Wildman–Crippen LogP) is 2.32. The summed E-state index contributed by atoms with van der Waals surface area (Å²) in [5.41, 5.74) is 1.24. The first-order chi connectivity index (χ1) is 8.29. The SMILES string of the molecule is COc1ccccc1CCNC1=NCC(C)S1. The Balaban J connectivity index is 1.82. The topological polar surface area (TPSA) is 33.6 Å². The maximum atomic E-state index is 5.32. The van der Waals surface area contributed by atoms with Crippen molar-refractivity contribution in [2.45, 2.75) is 18.6 Å². The average molecular weight is 250 g/mol. The summed E-state index contributed by atoms with van der Waals surface area (Å²) in [6.45, 7) is 4.03. The van der Waals surface area contributed by atoms with Crippen LogP contribution in [0.4, 0.5) is 0 Å². The first-order valence-corrected chi connectivity index (χ1v) is 6.74. The van der Waals surface area contributed by atoms with Crippen LogP contribution in [0.3, 0.4) is 0 Å². The van der Waals surface area contributed by atoms with E-state index in [1.807, 2.05) is 30.0 Å². The molecule has 1 aromatic rings. The van der Waals surface area contributed by atoms with E-state index in [1.165, 1.54) is 5.56 Å². The van der Waals surface area contributed by atoms with E-state index < -0.39 is 0 Å². The van der Waals surface area contributed by atoms with E-state index in [2.05, 4.69) is 23.3 Å². The lowest BCUT2D eigenvalue weighted by Gasteiger charge is -2.09. The fourth-order valence-electron chi connectivity index (χ4n) is 1.79. The molecular weight excluding hydrogens is 232 g/mol. The number of methoxy groups -OCH3 is 1. The Hall–Kier alpha value is -1.16. The maximum Gasteiger partial charge on any atom is 0.156 e. The number of rotatable bonds is 4. The fraction of sp³-hybridized carbons (Fsp3) is 0.462. The highest BCUT2D eigenvalue weighted by Crippen LogP contribution is 2.19. The zero-order chi connectivity index (χ0) is 12.1. The second-order valence-corrected chi connectivity index (χ2v) is 5.49. The van der Waals surface area contributed by atoms with Crippen molar-refractivity contribution in [3.05, 3.63) is 29.8 Å². The van der Waals surface area contributed by atoms with Gasteiger partial charge in [0.1, 0.15) is 5.75 Å². The van der Waals surface area contributed by atoms with Crippen molar-refractivity contribution < 1.29 is 4.74 Å². The van der Waals surface area contributed by atoms with Gasteiger partial charge in [-0.15, -0.1) is 0 Å². The summed E-state index contributed by atoms with van der Waals surface area (Å²) >= 11 is 1.82. The van der Waals surface area contributed by atoms with Gasteiger partial charge in [-0.3, -0.25) is 4.99 Å². The molecule has 1 unspecified atom stereocenters. The van der Waals surface area contributed by atoms with Crippen LogP contribution in [-0.2, 0) is 6.42 Å². The normalized spacial score (nSPS) is 18.9. The number of aliphatic imine (C=N–C) groups is 1. The first kappa shape index (κ1) is 12.3. The van der Waals surface area contributed by atoms with Gasteiger partial charge in [-0.2, -0.15) is 0 Å². The molecule has 1 aliphatic heterocycles. The summed E-state index contributed by atoms with van der Waals surface area (Å²) in [4.78, 5) is 4.43. The average Bonchev–Trinajstić information content (AvgIpc) is 2.76. The van der Waals surface area contributed by atoms with Crippen LogP contribution in [0.25, 0.3) is 0 Å². The molecule has 1 atom stereocenters. The van der Waals surface area contributed by atoms with Gasteiger partial charge in [0.05, 0.1) is 13.7 Å². The van der Waals surface area contributed by atoms with Crippen LogP contribution in [0.1, 0.15) is 12.5 Å². The second kappa shape index (κ2) is 5.96. The first-order valence-electron chi connectivity index (χ1n) is 5.86. The largest absolute Gasteiger partial charge is 0.496 e. The van der Waals surface area contributed by atoms with Crippen molar-refractivity contribution in [2.75, 3.05) is 20.2 Å². The lowest BCUT2D eigenvalue weighted by atomic mass is 10.1. The lowest BCUT2D eigenvalue weighted by molar-refractivity contribution is 0.409. The molecule has 1 N–H and O–H groups in total. The zero-order valence-corrected chi connectivity index (χ0v) is 11.1. The quantitative estimate of drug-likeness (QED) is 0.890. The second-order valence-electron chi connectivity index (χ2n) is 4.06. The monoisotopic (exact) mass is 250 g/mol. The van der Waals surface area contributed by atoms with Gasteiger partial charge in [0.25, 0.3) is 0 Å². The molecule has 17 heavy (non-hydrogen) atoms. The van der Waals surface area contributed by atoms with Gasteiger partial charge in [-0.1, -0.05) is 36.9 Å². The van der Waals surface area contributed by atoms with Crippen LogP contribution in [-0.4, -0.2) is 30.6 Å². The van der Waals surface area contributed by atoms with Gasteiger partial charge in [0.2, 0.25) is 0 Å². The number of thioether (sulfide) groups is 1. The number of nitrogens with one attached hydrogen (secondary N) is 1. The standard InChI is InChI=1S/C13H18N2OS/c1-10-9-15-13(17-10)14-8-7-11-5-3-4-6-12(11)16-2/h3-6,10H,7-9H2,1-2H3,(H,14,15). The smallest absolute Gasteiger partial charge is 0.156 e. The molecule has 2 rings (SSSR count). The summed E-state index contributed by atoms with van der Waals surface area (Å²) in [5, 5.41) is 5.06. The van der Waals surface area contributed by atoms with Crippen LogP contribution in [0.15, 0.2) is 29.3 Å². The highest BCUT2D eigenvalue weighted by molar-refractivity contribution is 8.14.